The monoisotopic (exact) mass is 311 g/mol. The summed E-state index contributed by atoms with van der Waals surface area (Å²) in [7, 11) is 3.86. The molecule has 0 N–H and O–H groups in total. The van der Waals surface area contributed by atoms with Crippen LogP contribution in [0.3, 0.4) is 0 Å². The van der Waals surface area contributed by atoms with Gasteiger partial charge in [0.2, 0.25) is 0 Å². The largest absolute Gasteiger partial charge is 0.353 e. The summed E-state index contributed by atoms with van der Waals surface area (Å²) >= 11 is 0. The summed E-state index contributed by atoms with van der Waals surface area (Å²) in [5.41, 5.74) is 1.19. The molecule has 0 unspecified atom stereocenters. The molecule has 0 aliphatic carbocycles. The van der Waals surface area contributed by atoms with Crippen LogP contribution >= 0.6 is 0 Å². The molecule has 3 rings (SSSR count). The van der Waals surface area contributed by atoms with Gasteiger partial charge in [0, 0.05) is 38.9 Å². The summed E-state index contributed by atoms with van der Waals surface area (Å²) < 4.78 is 0. The number of hydrogen-bond donors (Lipinski definition) is 0. The number of hydrogen-bond acceptors (Lipinski definition) is 5. The van der Waals surface area contributed by atoms with Gasteiger partial charge >= 0.3 is 0 Å². The minimum Gasteiger partial charge on any atom is -0.353 e. The summed E-state index contributed by atoms with van der Waals surface area (Å²) in [5.74, 6) is 0.672. The Bertz CT molecular complexity index is 650. The van der Waals surface area contributed by atoms with E-state index >= 15 is 0 Å². The summed E-state index contributed by atoms with van der Waals surface area (Å²) in [4.78, 5) is 27.3. The van der Waals surface area contributed by atoms with E-state index in [-0.39, 0.29) is 5.91 Å². The number of carbonyl (C=O) groups excluding carboxylic acids is 1. The van der Waals surface area contributed by atoms with Crippen LogP contribution in [-0.2, 0) is 0 Å². The zero-order valence-electron chi connectivity index (χ0n) is 13.5. The van der Waals surface area contributed by atoms with E-state index in [1.165, 1.54) is 0 Å². The van der Waals surface area contributed by atoms with Crippen LogP contribution in [0, 0.1) is 0 Å². The first kappa shape index (κ1) is 15.4. The molecule has 0 saturated carbocycles. The Morgan fingerprint density at radius 1 is 1.04 bits per heavy atom. The average molecular weight is 311 g/mol. The highest BCUT2D eigenvalue weighted by atomic mass is 16.2. The van der Waals surface area contributed by atoms with Crippen molar-refractivity contribution in [2.24, 2.45) is 0 Å². The van der Waals surface area contributed by atoms with E-state index in [4.69, 9.17) is 0 Å². The van der Waals surface area contributed by atoms with Crippen molar-refractivity contribution in [1.82, 2.24) is 14.9 Å². The Labute approximate surface area is 136 Å². The molecule has 2 heterocycles. The van der Waals surface area contributed by atoms with Crippen molar-refractivity contribution in [3.63, 3.8) is 0 Å². The average Bonchev–Trinajstić information content (AvgIpc) is 2.62. The number of benzene rings is 1. The first-order valence-corrected chi connectivity index (χ1v) is 7.74. The third kappa shape index (κ3) is 3.48. The summed E-state index contributed by atoms with van der Waals surface area (Å²) in [6.45, 7) is 3.89. The molecule has 1 aromatic carbocycles. The van der Waals surface area contributed by atoms with Crippen molar-refractivity contribution in [1.29, 1.82) is 0 Å². The number of anilines is 2. The number of carbonyl (C=O) groups is 1. The molecule has 0 radical (unpaired) electrons. The first-order valence-electron chi connectivity index (χ1n) is 7.74. The highest BCUT2D eigenvalue weighted by Crippen LogP contribution is 2.15. The maximum absolute atomic E-state index is 12.5. The molecule has 0 atom stereocenters. The molecule has 6 heteroatoms. The quantitative estimate of drug-likeness (QED) is 0.860. The predicted molar refractivity (Wildman–Crippen MR) is 90.9 cm³/mol. The summed E-state index contributed by atoms with van der Waals surface area (Å²) in [6.07, 6.45) is 3.26. The fraction of sp³-hybridized carbons (Fsp3) is 0.353. The molecule has 0 spiro atoms. The number of amides is 1. The number of rotatable bonds is 3. The van der Waals surface area contributed by atoms with Crippen LogP contribution in [-0.4, -0.2) is 61.0 Å². The highest BCUT2D eigenvalue weighted by Gasteiger charge is 2.18. The second kappa shape index (κ2) is 6.75. The minimum atomic E-state index is -0.159. The first-order chi connectivity index (χ1) is 11.1. The van der Waals surface area contributed by atoms with Crippen molar-refractivity contribution in [2.45, 2.75) is 0 Å². The molecule has 1 fully saturated rings. The smallest absolute Gasteiger partial charge is 0.278 e. The zero-order valence-corrected chi connectivity index (χ0v) is 13.5. The number of aromatic nitrogens is 2. The van der Waals surface area contributed by atoms with Crippen LogP contribution < -0.4 is 9.80 Å². The molecule has 0 bridgehead atoms. The van der Waals surface area contributed by atoms with Gasteiger partial charge in [-0.15, -0.1) is 0 Å². The van der Waals surface area contributed by atoms with Gasteiger partial charge in [-0.05, 0) is 19.2 Å². The van der Waals surface area contributed by atoms with Crippen molar-refractivity contribution < 1.29 is 4.79 Å². The molecule has 23 heavy (non-hydrogen) atoms. The van der Waals surface area contributed by atoms with Gasteiger partial charge in [0.1, 0.15) is 11.5 Å². The Hall–Kier alpha value is -2.47. The van der Waals surface area contributed by atoms with E-state index < -0.39 is 0 Å². The standard InChI is InChI=1S/C17H21N5O/c1-20-8-10-22(11-9-20)16-13-18-15(12-19-16)17(23)21(2)14-6-4-3-5-7-14/h3-7,12-13H,8-11H2,1-2H3. The van der Waals surface area contributed by atoms with E-state index in [1.54, 1.807) is 24.3 Å². The van der Waals surface area contributed by atoms with E-state index in [9.17, 15) is 4.79 Å². The molecule has 1 aliphatic heterocycles. The molecule has 2 aromatic rings. The molecule has 1 saturated heterocycles. The molecule has 1 aromatic heterocycles. The summed E-state index contributed by atoms with van der Waals surface area (Å²) in [5, 5.41) is 0. The molecular weight excluding hydrogens is 290 g/mol. The number of nitrogens with zero attached hydrogens (tertiary/aromatic N) is 5. The number of para-hydroxylation sites is 1. The van der Waals surface area contributed by atoms with Crippen LogP contribution in [0.2, 0.25) is 0 Å². The van der Waals surface area contributed by atoms with Crippen LogP contribution in [0.1, 0.15) is 10.5 Å². The lowest BCUT2D eigenvalue weighted by Crippen LogP contribution is -2.44. The van der Waals surface area contributed by atoms with Gasteiger partial charge in [-0.3, -0.25) is 4.79 Å². The van der Waals surface area contributed by atoms with E-state index in [2.05, 4.69) is 26.8 Å². The lowest BCUT2D eigenvalue weighted by molar-refractivity contribution is 0.0988. The van der Waals surface area contributed by atoms with E-state index in [1.807, 2.05) is 30.3 Å². The Balaban J connectivity index is 1.70. The number of likely N-dealkylation sites (N-methyl/N-ethyl adjacent to an activating group) is 1. The van der Waals surface area contributed by atoms with Crippen LogP contribution in [0.5, 0.6) is 0 Å². The fourth-order valence-corrected chi connectivity index (χ4v) is 2.57. The van der Waals surface area contributed by atoms with Crippen molar-refractivity contribution in [3.8, 4) is 0 Å². The second-order valence-electron chi connectivity index (χ2n) is 5.75. The molecule has 6 nitrogen and oxygen atoms in total. The van der Waals surface area contributed by atoms with E-state index in [0.717, 1.165) is 37.7 Å². The third-order valence-electron chi connectivity index (χ3n) is 4.13. The van der Waals surface area contributed by atoms with Crippen LogP contribution in [0.4, 0.5) is 11.5 Å². The second-order valence-corrected chi connectivity index (χ2v) is 5.75. The van der Waals surface area contributed by atoms with Gasteiger partial charge in [0.15, 0.2) is 0 Å². The topological polar surface area (TPSA) is 52.6 Å². The van der Waals surface area contributed by atoms with Gasteiger partial charge in [0.05, 0.1) is 12.4 Å². The Morgan fingerprint density at radius 2 is 1.74 bits per heavy atom. The zero-order chi connectivity index (χ0) is 16.2. The van der Waals surface area contributed by atoms with E-state index in [0.29, 0.717) is 5.69 Å². The third-order valence-corrected chi connectivity index (χ3v) is 4.13. The normalized spacial score (nSPS) is 15.5. The van der Waals surface area contributed by atoms with Gasteiger partial charge in [-0.2, -0.15) is 0 Å². The Kier molecular flexibility index (Phi) is 4.52. The maximum atomic E-state index is 12.5. The predicted octanol–water partition coefficient (Wildman–Crippen LogP) is 1.50. The molecule has 1 amide bonds. The lowest BCUT2D eigenvalue weighted by Gasteiger charge is -2.32. The highest BCUT2D eigenvalue weighted by molar-refractivity contribution is 6.04. The maximum Gasteiger partial charge on any atom is 0.278 e. The molecule has 120 valence electrons. The van der Waals surface area contributed by atoms with Crippen molar-refractivity contribution in [2.75, 3.05) is 50.1 Å². The van der Waals surface area contributed by atoms with Crippen LogP contribution in [0.25, 0.3) is 0 Å². The summed E-state index contributed by atoms with van der Waals surface area (Å²) in [6, 6.07) is 9.52. The SMILES string of the molecule is CN1CCN(c2cnc(C(=O)N(C)c3ccccc3)cn2)CC1. The molecular formula is C17H21N5O. The minimum absolute atomic E-state index is 0.159. The van der Waals surface area contributed by atoms with Crippen molar-refractivity contribution in [3.05, 3.63) is 48.4 Å². The lowest BCUT2D eigenvalue weighted by atomic mass is 10.3. The van der Waals surface area contributed by atoms with Gasteiger partial charge in [0.25, 0.3) is 5.91 Å². The van der Waals surface area contributed by atoms with Crippen molar-refractivity contribution >= 4 is 17.4 Å². The van der Waals surface area contributed by atoms with Crippen LogP contribution in [0.15, 0.2) is 42.7 Å². The molecule has 1 aliphatic rings. The fourth-order valence-electron chi connectivity index (χ4n) is 2.57. The van der Waals surface area contributed by atoms with Gasteiger partial charge < -0.3 is 14.7 Å². The number of piperazine rings is 1. The van der Waals surface area contributed by atoms with Gasteiger partial charge in [-0.25, -0.2) is 9.97 Å². The van der Waals surface area contributed by atoms with Gasteiger partial charge in [-0.1, -0.05) is 18.2 Å². The Morgan fingerprint density at radius 3 is 2.35 bits per heavy atom.